The number of nitrogens with one attached hydrogen (secondary N) is 2. The summed E-state index contributed by atoms with van der Waals surface area (Å²) in [6, 6.07) is 4.34. The quantitative estimate of drug-likeness (QED) is 0.826. The molecule has 2 aromatic rings. The van der Waals surface area contributed by atoms with E-state index < -0.39 is 15.8 Å². The lowest BCUT2D eigenvalue weighted by molar-refractivity contribution is 0.553. The highest BCUT2D eigenvalue weighted by molar-refractivity contribution is 7.89. The molecule has 1 heterocycles. The van der Waals surface area contributed by atoms with E-state index in [1.807, 2.05) is 0 Å². The molecule has 1 aliphatic carbocycles. The van der Waals surface area contributed by atoms with Gasteiger partial charge in [-0.2, -0.15) is 0 Å². The summed E-state index contributed by atoms with van der Waals surface area (Å²) >= 11 is 0. The molecule has 1 aliphatic rings. The van der Waals surface area contributed by atoms with Gasteiger partial charge in [0.05, 0.1) is 10.4 Å². The van der Waals surface area contributed by atoms with E-state index in [1.165, 1.54) is 36.6 Å². The van der Waals surface area contributed by atoms with Gasteiger partial charge in [-0.25, -0.2) is 17.9 Å². The lowest BCUT2D eigenvalue weighted by atomic mass is 9.97. The number of fused-ring (bicyclic) bond motifs is 1. The normalized spacial score (nSPS) is 15.9. The molecule has 0 unspecified atom stereocenters. The fourth-order valence-electron chi connectivity index (χ4n) is 2.65. The van der Waals surface area contributed by atoms with Gasteiger partial charge in [0.25, 0.3) is 0 Å². The summed E-state index contributed by atoms with van der Waals surface area (Å²) in [5.41, 5.74) is 2.04. The first-order valence-electron chi connectivity index (χ1n) is 7.35. The lowest BCUT2D eigenvalue weighted by Gasteiger charge is -2.13. The maximum atomic E-state index is 12.3. The van der Waals surface area contributed by atoms with Crippen molar-refractivity contribution in [2.24, 2.45) is 0 Å². The molecular weight excluding hydrogens is 304 g/mol. The zero-order valence-corrected chi connectivity index (χ0v) is 12.9. The van der Waals surface area contributed by atoms with Crippen molar-refractivity contribution >= 4 is 21.1 Å². The van der Waals surface area contributed by atoms with Crippen molar-refractivity contribution in [3.8, 4) is 0 Å². The average molecular weight is 322 g/mol. The van der Waals surface area contributed by atoms with Crippen LogP contribution in [0.4, 0.5) is 0 Å². The van der Waals surface area contributed by atoms with Crippen LogP contribution in [0.1, 0.15) is 32.1 Å². The van der Waals surface area contributed by atoms with Crippen LogP contribution in [-0.2, 0) is 10.0 Å². The number of hydrogen-bond acceptors (Lipinski definition) is 4. The number of H-pyrrole nitrogens is 1. The number of aromatic amines is 1. The third-order valence-corrected chi connectivity index (χ3v) is 5.28. The zero-order valence-electron chi connectivity index (χ0n) is 12.1. The van der Waals surface area contributed by atoms with Gasteiger partial charge in [-0.15, -0.1) is 0 Å². The molecule has 0 bridgehead atoms. The Morgan fingerprint density at radius 2 is 2.14 bits per heavy atom. The fourth-order valence-corrected chi connectivity index (χ4v) is 3.70. The number of allylic oxidation sites excluding steroid dienone is 1. The van der Waals surface area contributed by atoms with Crippen molar-refractivity contribution in [2.75, 3.05) is 6.54 Å². The Kier molecular flexibility index (Phi) is 4.17. The molecule has 0 aliphatic heterocycles. The summed E-state index contributed by atoms with van der Waals surface area (Å²) in [7, 11) is -3.60. The van der Waals surface area contributed by atoms with Gasteiger partial charge < -0.3 is 4.42 Å². The highest BCUT2D eigenvalue weighted by Gasteiger charge is 2.16. The SMILES string of the molecule is O=c1[nH]c2ccc(S(=O)(=O)NCCC3=CCCCC3)cc2o1. The number of sulfonamides is 1. The average Bonchev–Trinajstić information content (AvgIpc) is 2.87. The van der Waals surface area contributed by atoms with Gasteiger partial charge in [-0.3, -0.25) is 4.98 Å². The van der Waals surface area contributed by atoms with Gasteiger partial charge in [0.2, 0.25) is 10.0 Å². The molecule has 1 aromatic heterocycles. The van der Waals surface area contributed by atoms with Crippen molar-refractivity contribution < 1.29 is 12.8 Å². The number of rotatable bonds is 5. The van der Waals surface area contributed by atoms with Crippen LogP contribution >= 0.6 is 0 Å². The Morgan fingerprint density at radius 1 is 1.27 bits per heavy atom. The molecule has 0 saturated carbocycles. The molecule has 118 valence electrons. The topological polar surface area (TPSA) is 92.2 Å². The Labute approximate surface area is 128 Å². The Morgan fingerprint density at radius 3 is 2.91 bits per heavy atom. The highest BCUT2D eigenvalue weighted by atomic mass is 32.2. The Bertz CT molecular complexity index is 861. The summed E-state index contributed by atoms with van der Waals surface area (Å²) in [5, 5.41) is 0. The maximum absolute atomic E-state index is 12.3. The number of benzene rings is 1. The third kappa shape index (κ3) is 3.31. The maximum Gasteiger partial charge on any atom is 0.417 e. The molecule has 1 aromatic carbocycles. The van der Waals surface area contributed by atoms with Crippen LogP contribution in [0, 0.1) is 0 Å². The second-order valence-electron chi connectivity index (χ2n) is 5.43. The van der Waals surface area contributed by atoms with Gasteiger partial charge in [0.1, 0.15) is 0 Å². The molecule has 7 heteroatoms. The van der Waals surface area contributed by atoms with E-state index in [2.05, 4.69) is 15.8 Å². The largest absolute Gasteiger partial charge is 0.417 e. The first-order chi connectivity index (χ1) is 10.5. The summed E-state index contributed by atoms with van der Waals surface area (Å²) in [4.78, 5) is 13.7. The molecule has 0 radical (unpaired) electrons. The second-order valence-corrected chi connectivity index (χ2v) is 7.20. The van der Waals surface area contributed by atoms with Gasteiger partial charge in [0.15, 0.2) is 5.58 Å². The van der Waals surface area contributed by atoms with Gasteiger partial charge >= 0.3 is 5.76 Å². The standard InChI is InChI=1S/C15H18N2O4S/c18-15-17-13-7-6-12(10-14(13)21-15)22(19,20)16-9-8-11-4-2-1-3-5-11/h4,6-7,10,16H,1-3,5,8-9H2,(H,17,18). The van der Waals surface area contributed by atoms with Gasteiger partial charge in [-0.1, -0.05) is 11.6 Å². The smallest absolute Gasteiger partial charge is 0.408 e. The minimum atomic E-state index is -3.60. The summed E-state index contributed by atoms with van der Waals surface area (Å²) in [5.74, 6) is -0.596. The molecular formula is C15H18N2O4S. The summed E-state index contributed by atoms with van der Waals surface area (Å²) in [6.07, 6.45) is 7.49. The predicted molar refractivity (Wildman–Crippen MR) is 83.2 cm³/mol. The van der Waals surface area contributed by atoms with Crippen LogP contribution in [-0.4, -0.2) is 19.9 Å². The first-order valence-corrected chi connectivity index (χ1v) is 8.83. The van der Waals surface area contributed by atoms with Gasteiger partial charge in [-0.05, 0) is 44.2 Å². The van der Waals surface area contributed by atoms with E-state index in [1.54, 1.807) is 0 Å². The number of hydrogen-bond donors (Lipinski definition) is 2. The number of oxazole rings is 1. The molecule has 3 rings (SSSR count). The van der Waals surface area contributed by atoms with E-state index >= 15 is 0 Å². The molecule has 0 amide bonds. The van der Waals surface area contributed by atoms with Crippen molar-refractivity contribution in [1.29, 1.82) is 0 Å². The molecule has 0 atom stereocenters. The van der Waals surface area contributed by atoms with Crippen LogP contribution in [0.3, 0.4) is 0 Å². The van der Waals surface area contributed by atoms with Crippen molar-refractivity contribution in [3.05, 3.63) is 40.4 Å². The van der Waals surface area contributed by atoms with E-state index in [0.29, 0.717) is 12.1 Å². The van der Waals surface area contributed by atoms with Crippen molar-refractivity contribution in [2.45, 2.75) is 37.0 Å². The van der Waals surface area contributed by atoms with Crippen molar-refractivity contribution in [1.82, 2.24) is 9.71 Å². The fraction of sp³-hybridized carbons (Fsp3) is 0.400. The third-order valence-electron chi connectivity index (χ3n) is 3.83. The zero-order chi connectivity index (χ0) is 15.6. The van der Waals surface area contributed by atoms with E-state index in [4.69, 9.17) is 4.42 Å². The first kappa shape index (κ1) is 15.1. The predicted octanol–water partition coefficient (Wildman–Crippen LogP) is 2.29. The van der Waals surface area contributed by atoms with Crippen LogP contribution in [0.5, 0.6) is 0 Å². The van der Waals surface area contributed by atoms with Crippen LogP contribution in [0.15, 0.2) is 44.0 Å². The van der Waals surface area contributed by atoms with E-state index in [0.717, 1.165) is 19.3 Å². The second kappa shape index (κ2) is 6.10. The Balaban J connectivity index is 1.70. The van der Waals surface area contributed by atoms with E-state index in [9.17, 15) is 13.2 Å². The molecule has 0 fully saturated rings. The van der Waals surface area contributed by atoms with Crippen molar-refractivity contribution in [3.63, 3.8) is 0 Å². The minimum absolute atomic E-state index is 0.0976. The molecule has 22 heavy (non-hydrogen) atoms. The minimum Gasteiger partial charge on any atom is -0.408 e. The van der Waals surface area contributed by atoms with Crippen LogP contribution in [0.2, 0.25) is 0 Å². The highest BCUT2D eigenvalue weighted by Crippen LogP contribution is 2.20. The summed E-state index contributed by atoms with van der Waals surface area (Å²) < 4.78 is 32.0. The van der Waals surface area contributed by atoms with Gasteiger partial charge in [0, 0.05) is 12.6 Å². The molecule has 2 N–H and O–H groups in total. The Hall–Kier alpha value is -1.86. The molecule has 0 spiro atoms. The number of aromatic nitrogens is 1. The van der Waals surface area contributed by atoms with E-state index in [-0.39, 0.29) is 10.5 Å². The van der Waals surface area contributed by atoms with Crippen LogP contribution in [0.25, 0.3) is 11.1 Å². The molecule has 0 saturated heterocycles. The summed E-state index contributed by atoms with van der Waals surface area (Å²) in [6.45, 7) is 0.378. The lowest BCUT2D eigenvalue weighted by Crippen LogP contribution is -2.25. The van der Waals surface area contributed by atoms with Crippen LogP contribution < -0.4 is 10.5 Å². The molecule has 6 nitrogen and oxygen atoms in total. The monoisotopic (exact) mass is 322 g/mol.